The van der Waals surface area contributed by atoms with E-state index in [1.165, 1.54) is 10.5 Å². The van der Waals surface area contributed by atoms with Gasteiger partial charge in [-0.05, 0) is 25.1 Å². The molecular weight excluding hydrogens is 472 g/mol. The quantitative estimate of drug-likeness (QED) is 0.389. The molecule has 2 aromatic rings. The van der Waals surface area contributed by atoms with Crippen molar-refractivity contribution in [2.45, 2.75) is 18.4 Å². The van der Waals surface area contributed by atoms with Gasteiger partial charge in [0.05, 0.1) is 21.3 Å². The zero-order valence-corrected chi connectivity index (χ0v) is 21.5. The number of methoxy groups -OCH3 is 3. The molecule has 10 heteroatoms. The Hall–Kier alpha value is -2.95. The predicted octanol–water partition coefficient (Wildman–Crippen LogP) is 3.09. The van der Waals surface area contributed by atoms with Crippen LogP contribution < -0.4 is 14.2 Å². The lowest BCUT2D eigenvalue weighted by molar-refractivity contribution is -0.159. The van der Waals surface area contributed by atoms with E-state index in [0.29, 0.717) is 11.5 Å². The van der Waals surface area contributed by atoms with Crippen LogP contribution in [0.1, 0.15) is 11.1 Å². The predicted molar refractivity (Wildman–Crippen MR) is 135 cm³/mol. The smallest absolute Gasteiger partial charge is 0.414 e. The molecule has 0 amide bonds. The van der Waals surface area contributed by atoms with Gasteiger partial charge in [0.1, 0.15) is 0 Å². The van der Waals surface area contributed by atoms with E-state index in [2.05, 4.69) is 47.1 Å². The molecule has 1 fully saturated rings. The van der Waals surface area contributed by atoms with E-state index in [9.17, 15) is 0 Å². The maximum Gasteiger partial charge on any atom is 0.414 e. The van der Waals surface area contributed by atoms with Crippen molar-refractivity contribution in [3.05, 3.63) is 47.5 Å². The van der Waals surface area contributed by atoms with Gasteiger partial charge < -0.3 is 24.4 Å². The molecule has 0 spiro atoms. The van der Waals surface area contributed by atoms with Gasteiger partial charge in [-0.1, -0.05) is 23.8 Å². The SMILES string of the molecule is COc1ccc(CN2CCN(CCSc3ccc(C)cc3)CC2)c(OC)c1OC.O=C(O)C(=O)O. The van der Waals surface area contributed by atoms with Crippen LogP contribution in [0.3, 0.4) is 0 Å². The standard InChI is InChI=1S/C23H32N2O3S.C2H2O4/c1-18-5-8-20(9-6-18)29-16-15-24-11-13-25(14-12-24)17-19-7-10-21(26-2)23(28-4)22(19)27-3;3-1(4)2(5)6/h5-10H,11-17H2,1-4H3;(H,3,4)(H,5,6). The monoisotopic (exact) mass is 506 g/mol. The highest BCUT2D eigenvalue weighted by Crippen LogP contribution is 2.40. The van der Waals surface area contributed by atoms with E-state index in [4.69, 9.17) is 34.0 Å². The number of ether oxygens (including phenoxy) is 3. The van der Waals surface area contributed by atoms with Crippen molar-refractivity contribution in [1.29, 1.82) is 0 Å². The van der Waals surface area contributed by atoms with E-state index >= 15 is 0 Å². The highest BCUT2D eigenvalue weighted by atomic mass is 32.2. The van der Waals surface area contributed by atoms with Crippen LogP contribution in [0.4, 0.5) is 0 Å². The molecule has 0 bridgehead atoms. The number of carboxylic acid groups (broad SMARTS) is 2. The molecule has 2 aromatic carbocycles. The van der Waals surface area contributed by atoms with E-state index in [0.717, 1.165) is 56.3 Å². The lowest BCUT2D eigenvalue weighted by atomic mass is 10.1. The summed E-state index contributed by atoms with van der Waals surface area (Å²) in [6.07, 6.45) is 0. The molecule has 9 nitrogen and oxygen atoms in total. The van der Waals surface area contributed by atoms with Gasteiger partial charge in [0, 0.05) is 55.5 Å². The maximum absolute atomic E-state index is 9.10. The number of nitrogens with zero attached hydrogens (tertiary/aromatic N) is 2. The van der Waals surface area contributed by atoms with E-state index in [1.807, 2.05) is 17.8 Å². The summed E-state index contributed by atoms with van der Waals surface area (Å²) in [6, 6.07) is 12.8. The Kier molecular flexibility index (Phi) is 11.7. The summed E-state index contributed by atoms with van der Waals surface area (Å²) in [5.41, 5.74) is 2.45. The third kappa shape index (κ3) is 8.97. The minimum atomic E-state index is -1.82. The van der Waals surface area contributed by atoms with E-state index in [1.54, 1.807) is 21.3 Å². The minimum Gasteiger partial charge on any atom is -0.493 e. The van der Waals surface area contributed by atoms with Crippen LogP contribution in [-0.4, -0.2) is 91.8 Å². The van der Waals surface area contributed by atoms with Gasteiger partial charge in [0.25, 0.3) is 0 Å². The summed E-state index contributed by atoms with van der Waals surface area (Å²) in [5, 5.41) is 14.8. The number of aliphatic carboxylic acids is 2. The minimum absolute atomic E-state index is 0.666. The molecule has 0 radical (unpaired) electrons. The number of thioether (sulfide) groups is 1. The molecule has 1 saturated heterocycles. The third-order valence-corrected chi connectivity index (χ3v) is 6.52. The Morgan fingerprint density at radius 2 is 1.40 bits per heavy atom. The molecule has 1 heterocycles. The Bertz CT molecular complexity index is 949. The number of carbonyl (C=O) groups is 2. The first kappa shape index (κ1) is 28.3. The first-order valence-electron chi connectivity index (χ1n) is 11.2. The molecule has 0 unspecified atom stereocenters. The van der Waals surface area contributed by atoms with Crippen LogP contribution in [0, 0.1) is 6.92 Å². The van der Waals surface area contributed by atoms with Crippen LogP contribution in [-0.2, 0) is 16.1 Å². The van der Waals surface area contributed by atoms with Crippen molar-refractivity contribution in [3.63, 3.8) is 0 Å². The molecule has 3 rings (SSSR count). The van der Waals surface area contributed by atoms with Crippen molar-refractivity contribution >= 4 is 23.7 Å². The highest BCUT2D eigenvalue weighted by molar-refractivity contribution is 7.99. The van der Waals surface area contributed by atoms with Crippen molar-refractivity contribution in [1.82, 2.24) is 9.80 Å². The number of aryl methyl sites for hydroxylation is 1. The van der Waals surface area contributed by atoms with Gasteiger partial charge in [0.2, 0.25) is 5.75 Å². The molecule has 192 valence electrons. The normalized spacial score (nSPS) is 13.9. The van der Waals surface area contributed by atoms with Crippen LogP contribution >= 0.6 is 11.8 Å². The van der Waals surface area contributed by atoms with Gasteiger partial charge in [0.15, 0.2) is 11.5 Å². The number of hydrogen-bond donors (Lipinski definition) is 2. The first-order valence-corrected chi connectivity index (χ1v) is 12.2. The van der Waals surface area contributed by atoms with Crippen LogP contribution in [0.15, 0.2) is 41.3 Å². The Morgan fingerprint density at radius 1 is 0.829 bits per heavy atom. The molecular formula is C25H34N2O7S. The number of piperazine rings is 1. The van der Waals surface area contributed by atoms with Gasteiger partial charge >= 0.3 is 11.9 Å². The summed E-state index contributed by atoms with van der Waals surface area (Å²) < 4.78 is 16.5. The number of benzene rings is 2. The zero-order valence-electron chi connectivity index (χ0n) is 20.7. The molecule has 35 heavy (non-hydrogen) atoms. The topological polar surface area (TPSA) is 109 Å². The molecule has 0 atom stereocenters. The second kappa shape index (κ2) is 14.4. The Morgan fingerprint density at radius 3 is 1.91 bits per heavy atom. The summed E-state index contributed by atoms with van der Waals surface area (Å²) in [6.45, 7) is 8.45. The second-order valence-electron chi connectivity index (χ2n) is 7.88. The van der Waals surface area contributed by atoms with E-state index in [-0.39, 0.29) is 0 Å². The largest absolute Gasteiger partial charge is 0.493 e. The Balaban J connectivity index is 0.000000641. The fourth-order valence-electron chi connectivity index (χ4n) is 3.63. The molecule has 1 aliphatic rings. The highest BCUT2D eigenvalue weighted by Gasteiger charge is 2.21. The summed E-state index contributed by atoms with van der Waals surface area (Å²) in [7, 11) is 4.98. The van der Waals surface area contributed by atoms with Crippen molar-refractivity contribution in [3.8, 4) is 17.2 Å². The number of hydrogen-bond acceptors (Lipinski definition) is 8. The fraction of sp³-hybridized carbons (Fsp3) is 0.440. The molecule has 1 aliphatic heterocycles. The third-order valence-electron chi connectivity index (χ3n) is 5.52. The van der Waals surface area contributed by atoms with Gasteiger partial charge in [-0.25, -0.2) is 9.59 Å². The van der Waals surface area contributed by atoms with Gasteiger partial charge in [-0.3, -0.25) is 9.80 Å². The van der Waals surface area contributed by atoms with Crippen molar-refractivity contribution in [2.75, 3.05) is 59.8 Å². The van der Waals surface area contributed by atoms with Gasteiger partial charge in [-0.15, -0.1) is 11.8 Å². The molecule has 0 saturated carbocycles. The second-order valence-corrected chi connectivity index (χ2v) is 9.05. The summed E-state index contributed by atoms with van der Waals surface area (Å²) in [4.78, 5) is 24.6. The van der Waals surface area contributed by atoms with Crippen molar-refractivity contribution < 1.29 is 34.0 Å². The van der Waals surface area contributed by atoms with Crippen LogP contribution in [0.2, 0.25) is 0 Å². The van der Waals surface area contributed by atoms with Crippen LogP contribution in [0.25, 0.3) is 0 Å². The lowest BCUT2D eigenvalue weighted by Crippen LogP contribution is -2.46. The molecule has 0 aliphatic carbocycles. The molecule has 2 N–H and O–H groups in total. The van der Waals surface area contributed by atoms with E-state index < -0.39 is 11.9 Å². The summed E-state index contributed by atoms with van der Waals surface area (Å²) >= 11 is 1.94. The number of carboxylic acids is 2. The lowest BCUT2D eigenvalue weighted by Gasteiger charge is -2.35. The summed E-state index contributed by atoms with van der Waals surface area (Å²) in [5.74, 6) is -0.385. The van der Waals surface area contributed by atoms with Crippen molar-refractivity contribution in [2.24, 2.45) is 0 Å². The van der Waals surface area contributed by atoms with Gasteiger partial charge in [-0.2, -0.15) is 0 Å². The number of rotatable bonds is 9. The fourth-order valence-corrected chi connectivity index (χ4v) is 4.54. The average Bonchev–Trinajstić information content (AvgIpc) is 2.86. The molecule has 0 aromatic heterocycles. The zero-order chi connectivity index (χ0) is 25.8. The first-order chi connectivity index (χ1) is 16.8. The maximum atomic E-state index is 9.10. The Labute approximate surface area is 210 Å². The average molecular weight is 507 g/mol. The van der Waals surface area contributed by atoms with Crippen LogP contribution in [0.5, 0.6) is 17.2 Å².